The van der Waals surface area contributed by atoms with Crippen LogP contribution in [0, 0.1) is 0 Å². The molecule has 0 radical (unpaired) electrons. The van der Waals surface area contributed by atoms with E-state index in [0.717, 1.165) is 61.2 Å². The number of esters is 2. The highest BCUT2D eigenvalue weighted by Crippen LogP contribution is 2.31. The van der Waals surface area contributed by atoms with Gasteiger partial charge in [-0.2, -0.15) is 0 Å². The van der Waals surface area contributed by atoms with E-state index >= 15 is 0 Å². The fourth-order valence-corrected chi connectivity index (χ4v) is 5.62. The van der Waals surface area contributed by atoms with E-state index in [-0.39, 0.29) is 11.9 Å². The van der Waals surface area contributed by atoms with Crippen molar-refractivity contribution in [1.29, 1.82) is 0 Å². The number of hydrogen-bond donors (Lipinski definition) is 0. The van der Waals surface area contributed by atoms with E-state index in [0.29, 0.717) is 31.1 Å². The Bertz CT molecular complexity index is 1530. The number of unbranched alkanes of at least 4 members (excludes halogenated alkanes) is 2. The Morgan fingerprint density at radius 2 is 1.41 bits per heavy atom. The van der Waals surface area contributed by atoms with Crippen LogP contribution in [-0.4, -0.2) is 26.2 Å². The zero-order chi connectivity index (χ0) is 35.3. The minimum absolute atomic E-state index is 0.0940. The van der Waals surface area contributed by atoms with Gasteiger partial charge in [-0.05, 0) is 96.2 Å². The van der Waals surface area contributed by atoms with Crippen molar-refractivity contribution in [3.05, 3.63) is 130 Å². The Labute approximate surface area is 293 Å². The van der Waals surface area contributed by atoms with Gasteiger partial charge >= 0.3 is 11.9 Å². The standard InChI is InChI=1S/C23H24O2.C13H16O2.C7H14O2/c1-2-8-21-9-6-7-12-23(21)25-18-20-15-13-19(14-16-20)17-24-22-10-4-3-5-11-22;1-9-4-3-5-10-8-11(13(14)15-2)6-7-12(9)10;1-3-4-5-6-7(8)9-2/h3-7,9-16H,2,8,17-18H2,1H3;6-9H,3-5H2,1-2H3;3-6H2,1-2H3. The highest BCUT2D eigenvalue weighted by molar-refractivity contribution is 5.89. The van der Waals surface area contributed by atoms with Gasteiger partial charge in [0, 0.05) is 6.42 Å². The SMILES string of the molecule is CCCCCC(=O)OC.CCCc1ccccc1OCc1ccc(COc2ccccc2)cc1.COC(=O)c1ccc2c(c1)CCCC2C. The average Bonchev–Trinajstić information content (AvgIpc) is 3.15. The molecule has 0 saturated heterocycles. The van der Waals surface area contributed by atoms with Gasteiger partial charge in [0.05, 0.1) is 19.8 Å². The van der Waals surface area contributed by atoms with Gasteiger partial charge in [0.2, 0.25) is 0 Å². The summed E-state index contributed by atoms with van der Waals surface area (Å²) in [6.45, 7) is 7.70. The maximum Gasteiger partial charge on any atom is 0.337 e. The number of aryl methyl sites for hydroxylation is 2. The Morgan fingerprint density at radius 1 is 0.735 bits per heavy atom. The number of benzene rings is 4. The molecule has 1 atom stereocenters. The largest absolute Gasteiger partial charge is 0.489 e. The fourth-order valence-electron chi connectivity index (χ4n) is 5.62. The van der Waals surface area contributed by atoms with Crippen molar-refractivity contribution in [2.24, 2.45) is 0 Å². The maximum absolute atomic E-state index is 11.4. The fraction of sp³-hybridized carbons (Fsp3) is 0.395. The van der Waals surface area contributed by atoms with Gasteiger partial charge in [-0.1, -0.05) is 107 Å². The molecule has 0 fully saturated rings. The quantitative estimate of drug-likeness (QED) is 0.104. The number of fused-ring (bicyclic) bond motifs is 1. The lowest BCUT2D eigenvalue weighted by atomic mass is 9.83. The van der Waals surface area contributed by atoms with E-state index < -0.39 is 0 Å². The van der Waals surface area contributed by atoms with Crippen LogP contribution in [-0.2, 0) is 40.3 Å². The van der Waals surface area contributed by atoms with Crippen LogP contribution in [0.3, 0.4) is 0 Å². The summed E-state index contributed by atoms with van der Waals surface area (Å²) in [4.78, 5) is 21.8. The first kappa shape index (κ1) is 38.9. The van der Waals surface area contributed by atoms with Crippen LogP contribution in [0.15, 0.2) is 97.1 Å². The Kier molecular flexibility index (Phi) is 17.6. The minimum Gasteiger partial charge on any atom is -0.489 e. The van der Waals surface area contributed by atoms with Crippen LogP contribution in [0.5, 0.6) is 11.5 Å². The van der Waals surface area contributed by atoms with E-state index in [2.05, 4.69) is 68.0 Å². The molecule has 0 saturated carbocycles. The highest BCUT2D eigenvalue weighted by atomic mass is 16.5. The number of para-hydroxylation sites is 2. The van der Waals surface area contributed by atoms with Gasteiger partial charge in [-0.25, -0.2) is 4.79 Å². The van der Waals surface area contributed by atoms with Crippen molar-refractivity contribution >= 4 is 11.9 Å². The van der Waals surface area contributed by atoms with E-state index in [1.807, 2.05) is 54.6 Å². The first-order valence-corrected chi connectivity index (χ1v) is 17.6. The molecule has 6 heteroatoms. The van der Waals surface area contributed by atoms with E-state index in [1.54, 1.807) is 0 Å². The molecule has 5 rings (SSSR count). The second-order valence-corrected chi connectivity index (χ2v) is 12.3. The van der Waals surface area contributed by atoms with Crippen molar-refractivity contribution in [1.82, 2.24) is 0 Å². The number of hydrogen-bond acceptors (Lipinski definition) is 6. The number of carbonyl (C=O) groups is 2. The van der Waals surface area contributed by atoms with Crippen LogP contribution in [0.2, 0.25) is 0 Å². The topological polar surface area (TPSA) is 71.1 Å². The smallest absolute Gasteiger partial charge is 0.337 e. The molecule has 0 spiro atoms. The zero-order valence-electron chi connectivity index (χ0n) is 30.0. The van der Waals surface area contributed by atoms with Crippen LogP contribution < -0.4 is 9.47 Å². The highest BCUT2D eigenvalue weighted by Gasteiger charge is 2.18. The number of rotatable bonds is 13. The third kappa shape index (κ3) is 13.8. The van der Waals surface area contributed by atoms with E-state index in [9.17, 15) is 9.59 Å². The predicted molar refractivity (Wildman–Crippen MR) is 197 cm³/mol. The lowest BCUT2D eigenvalue weighted by Crippen LogP contribution is -2.09. The monoisotopic (exact) mass is 666 g/mol. The number of carbonyl (C=O) groups excluding carboxylic acids is 2. The first-order valence-electron chi connectivity index (χ1n) is 17.6. The van der Waals surface area contributed by atoms with Crippen molar-refractivity contribution in [3.8, 4) is 11.5 Å². The molecule has 1 unspecified atom stereocenters. The molecule has 1 aliphatic rings. The van der Waals surface area contributed by atoms with Gasteiger partial charge in [0.15, 0.2) is 0 Å². The van der Waals surface area contributed by atoms with Gasteiger partial charge in [-0.3, -0.25) is 4.79 Å². The lowest BCUT2D eigenvalue weighted by Gasteiger charge is -2.22. The Balaban J connectivity index is 0.000000229. The molecule has 0 amide bonds. The third-order valence-corrected chi connectivity index (χ3v) is 8.45. The zero-order valence-corrected chi connectivity index (χ0v) is 30.0. The molecule has 49 heavy (non-hydrogen) atoms. The van der Waals surface area contributed by atoms with Crippen molar-refractivity contribution in [2.45, 2.75) is 97.7 Å². The van der Waals surface area contributed by atoms with Crippen molar-refractivity contribution in [3.63, 3.8) is 0 Å². The summed E-state index contributed by atoms with van der Waals surface area (Å²) >= 11 is 0. The van der Waals surface area contributed by atoms with Gasteiger partial charge < -0.3 is 18.9 Å². The Hall–Kier alpha value is -4.58. The summed E-state index contributed by atoms with van der Waals surface area (Å²) < 4.78 is 21.0. The van der Waals surface area contributed by atoms with Crippen LogP contribution in [0.1, 0.15) is 110 Å². The lowest BCUT2D eigenvalue weighted by molar-refractivity contribution is -0.140. The van der Waals surface area contributed by atoms with Crippen molar-refractivity contribution < 1.29 is 28.5 Å². The summed E-state index contributed by atoms with van der Waals surface area (Å²) in [5.74, 6) is 2.17. The molecular formula is C43H54O6. The molecule has 0 aliphatic heterocycles. The van der Waals surface area contributed by atoms with Gasteiger partial charge in [0.1, 0.15) is 24.7 Å². The maximum atomic E-state index is 11.4. The Morgan fingerprint density at radius 3 is 2.06 bits per heavy atom. The number of methoxy groups -OCH3 is 2. The summed E-state index contributed by atoms with van der Waals surface area (Å²) in [7, 11) is 2.85. The van der Waals surface area contributed by atoms with Crippen LogP contribution in [0.4, 0.5) is 0 Å². The second kappa shape index (κ2) is 22.1. The summed E-state index contributed by atoms with van der Waals surface area (Å²) in [5.41, 5.74) is 6.97. The molecule has 4 aromatic carbocycles. The summed E-state index contributed by atoms with van der Waals surface area (Å²) in [6, 6.07) is 32.5. The summed E-state index contributed by atoms with van der Waals surface area (Å²) in [6.07, 6.45) is 9.54. The predicted octanol–water partition coefficient (Wildman–Crippen LogP) is 10.4. The third-order valence-electron chi connectivity index (χ3n) is 8.45. The van der Waals surface area contributed by atoms with E-state index in [4.69, 9.17) is 14.2 Å². The molecule has 0 heterocycles. The van der Waals surface area contributed by atoms with Crippen LogP contribution >= 0.6 is 0 Å². The first-order chi connectivity index (χ1) is 23.9. The molecule has 0 aromatic heterocycles. The molecule has 0 bridgehead atoms. The molecular weight excluding hydrogens is 612 g/mol. The molecule has 1 aliphatic carbocycles. The van der Waals surface area contributed by atoms with Gasteiger partial charge in [0.25, 0.3) is 0 Å². The van der Waals surface area contributed by atoms with E-state index in [1.165, 1.54) is 43.8 Å². The number of ether oxygens (including phenoxy) is 4. The van der Waals surface area contributed by atoms with Crippen LogP contribution in [0.25, 0.3) is 0 Å². The molecule has 6 nitrogen and oxygen atoms in total. The van der Waals surface area contributed by atoms with Crippen molar-refractivity contribution in [2.75, 3.05) is 14.2 Å². The van der Waals surface area contributed by atoms with Gasteiger partial charge in [-0.15, -0.1) is 0 Å². The molecule has 4 aromatic rings. The molecule has 0 N–H and O–H groups in total. The summed E-state index contributed by atoms with van der Waals surface area (Å²) in [5, 5.41) is 0. The average molecular weight is 667 g/mol. The molecule has 262 valence electrons. The normalized spacial score (nSPS) is 13.0. The minimum atomic E-state index is -0.240. The second-order valence-electron chi connectivity index (χ2n) is 12.3.